The molecule has 2 aliphatic rings. The normalized spacial score (nSPS) is 33.8. The molecule has 3 nitrogen and oxygen atoms in total. The predicted octanol–water partition coefficient (Wildman–Crippen LogP) is 2.94. The maximum absolute atomic E-state index is 13.4. The Labute approximate surface area is 112 Å². The Hall–Kier alpha value is -1.13. The van der Waals surface area contributed by atoms with Crippen LogP contribution >= 0.6 is 0 Å². The molecule has 4 heteroatoms. The molecular formula is C15H20FNO2. The molecule has 0 radical (unpaired) electrons. The van der Waals surface area contributed by atoms with E-state index in [4.69, 9.17) is 15.2 Å². The molecular weight excluding hydrogens is 245 g/mol. The highest BCUT2D eigenvalue weighted by Crippen LogP contribution is 2.44. The molecule has 2 unspecified atom stereocenters. The van der Waals surface area contributed by atoms with Crippen LogP contribution in [0.15, 0.2) is 18.2 Å². The first-order valence-corrected chi connectivity index (χ1v) is 6.97. The maximum atomic E-state index is 13.4. The Balaban J connectivity index is 1.90. The first-order chi connectivity index (χ1) is 9.12. The highest BCUT2D eigenvalue weighted by atomic mass is 19.1. The lowest BCUT2D eigenvalue weighted by Crippen LogP contribution is -2.49. The van der Waals surface area contributed by atoms with Gasteiger partial charge in [-0.05, 0) is 12.5 Å². The van der Waals surface area contributed by atoms with Crippen molar-refractivity contribution < 1.29 is 13.9 Å². The van der Waals surface area contributed by atoms with E-state index in [1.165, 1.54) is 12.1 Å². The van der Waals surface area contributed by atoms with Crippen molar-refractivity contribution in [1.82, 2.24) is 0 Å². The fourth-order valence-corrected chi connectivity index (χ4v) is 3.22. The lowest BCUT2D eigenvalue weighted by molar-refractivity contribution is -0.102. The highest BCUT2D eigenvalue weighted by molar-refractivity contribution is 5.39. The minimum atomic E-state index is -0.279. The van der Waals surface area contributed by atoms with E-state index in [0.717, 1.165) is 31.2 Å². The monoisotopic (exact) mass is 265 g/mol. The lowest BCUT2D eigenvalue weighted by atomic mass is 9.80. The van der Waals surface area contributed by atoms with Gasteiger partial charge in [0.1, 0.15) is 17.2 Å². The van der Waals surface area contributed by atoms with Gasteiger partial charge in [0.2, 0.25) is 0 Å². The van der Waals surface area contributed by atoms with Crippen LogP contribution in [0.5, 0.6) is 5.75 Å². The molecule has 2 aliphatic heterocycles. The topological polar surface area (TPSA) is 44.5 Å². The molecule has 2 heterocycles. The molecule has 2 N–H and O–H groups in total. The molecule has 104 valence electrons. The predicted molar refractivity (Wildman–Crippen MR) is 70.6 cm³/mol. The molecule has 0 saturated carbocycles. The summed E-state index contributed by atoms with van der Waals surface area (Å²) >= 11 is 0. The summed E-state index contributed by atoms with van der Waals surface area (Å²) in [5.74, 6) is 0.331. The van der Waals surface area contributed by atoms with E-state index >= 15 is 0 Å². The lowest BCUT2D eigenvalue weighted by Gasteiger charge is -2.45. The molecule has 0 aromatic heterocycles. The van der Waals surface area contributed by atoms with E-state index in [9.17, 15) is 4.39 Å². The summed E-state index contributed by atoms with van der Waals surface area (Å²) in [7, 11) is 0. The second-order valence-electron chi connectivity index (χ2n) is 5.63. The number of rotatable bonds is 1. The van der Waals surface area contributed by atoms with Crippen molar-refractivity contribution in [2.24, 2.45) is 5.73 Å². The molecule has 1 aromatic rings. The largest absolute Gasteiger partial charge is 0.487 e. The molecule has 1 aromatic carbocycles. The Kier molecular flexibility index (Phi) is 3.23. The standard InChI is InChI=1S/C15H20FNO2/c1-2-11-8-15(5-6-18-11)9-13(17)12-4-3-10(16)7-14(12)19-15/h3-4,7,11,13H,2,5-6,8-9,17H2,1H3/t11?,13-,15?/m1/s1. The van der Waals surface area contributed by atoms with Crippen LogP contribution in [0.4, 0.5) is 4.39 Å². The Morgan fingerprint density at radius 3 is 3.05 bits per heavy atom. The zero-order chi connectivity index (χ0) is 13.5. The van der Waals surface area contributed by atoms with Gasteiger partial charge in [-0.15, -0.1) is 0 Å². The minimum absolute atomic E-state index is 0.0834. The number of fused-ring (bicyclic) bond motifs is 1. The van der Waals surface area contributed by atoms with Gasteiger partial charge >= 0.3 is 0 Å². The van der Waals surface area contributed by atoms with Crippen molar-refractivity contribution in [1.29, 1.82) is 0 Å². The van der Waals surface area contributed by atoms with E-state index in [0.29, 0.717) is 12.4 Å². The number of ether oxygens (including phenoxy) is 2. The smallest absolute Gasteiger partial charge is 0.127 e. The summed E-state index contributed by atoms with van der Waals surface area (Å²) < 4.78 is 25.2. The fraction of sp³-hybridized carbons (Fsp3) is 0.600. The number of hydrogen-bond acceptors (Lipinski definition) is 3. The van der Waals surface area contributed by atoms with Crippen molar-refractivity contribution >= 4 is 0 Å². The van der Waals surface area contributed by atoms with E-state index in [2.05, 4.69) is 6.92 Å². The van der Waals surface area contributed by atoms with Crippen LogP contribution in [0.3, 0.4) is 0 Å². The van der Waals surface area contributed by atoms with Gasteiger partial charge in [-0.25, -0.2) is 4.39 Å². The molecule has 0 bridgehead atoms. The summed E-state index contributed by atoms with van der Waals surface area (Å²) in [4.78, 5) is 0. The third-order valence-electron chi connectivity index (χ3n) is 4.26. The number of hydrogen-bond donors (Lipinski definition) is 1. The van der Waals surface area contributed by atoms with Gasteiger partial charge in [0.05, 0.1) is 12.7 Å². The van der Waals surface area contributed by atoms with Crippen LogP contribution in [0.2, 0.25) is 0 Å². The second kappa shape index (κ2) is 4.76. The molecule has 1 spiro atoms. The summed E-state index contributed by atoms with van der Waals surface area (Å²) in [5, 5.41) is 0. The fourth-order valence-electron chi connectivity index (χ4n) is 3.22. The maximum Gasteiger partial charge on any atom is 0.127 e. The van der Waals surface area contributed by atoms with E-state index in [-0.39, 0.29) is 23.6 Å². The van der Waals surface area contributed by atoms with Crippen LogP contribution < -0.4 is 10.5 Å². The number of nitrogens with two attached hydrogens (primary N) is 1. The molecule has 0 aliphatic carbocycles. The highest BCUT2D eigenvalue weighted by Gasteiger charge is 2.43. The van der Waals surface area contributed by atoms with E-state index < -0.39 is 0 Å². The van der Waals surface area contributed by atoms with Gasteiger partial charge in [-0.3, -0.25) is 0 Å². The second-order valence-corrected chi connectivity index (χ2v) is 5.63. The van der Waals surface area contributed by atoms with Crippen molar-refractivity contribution in [2.45, 2.75) is 50.4 Å². The third-order valence-corrected chi connectivity index (χ3v) is 4.26. The number of benzene rings is 1. The minimum Gasteiger partial charge on any atom is -0.487 e. The van der Waals surface area contributed by atoms with E-state index in [1.807, 2.05) is 0 Å². The van der Waals surface area contributed by atoms with Crippen molar-refractivity contribution in [3.05, 3.63) is 29.6 Å². The summed E-state index contributed by atoms with van der Waals surface area (Å²) in [6.45, 7) is 2.80. The Bertz CT molecular complexity index is 479. The van der Waals surface area contributed by atoms with E-state index in [1.54, 1.807) is 6.07 Å². The van der Waals surface area contributed by atoms with Crippen LogP contribution in [-0.2, 0) is 4.74 Å². The quantitative estimate of drug-likeness (QED) is 0.849. The van der Waals surface area contributed by atoms with Gasteiger partial charge in [0.15, 0.2) is 0 Å². The van der Waals surface area contributed by atoms with Gasteiger partial charge in [-0.2, -0.15) is 0 Å². The van der Waals surface area contributed by atoms with Crippen LogP contribution in [0, 0.1) is 5.82 Å². The third kappa shape index (κ3) is 2.35. The Morgan fingerprint density at radius 1 is 1.42 bits per heavy atom. The van der Waals surface area contributed by atoms with Gasteiger partial charge in [0.25, 0.3) is 0 Å². The van der Waals surface area contributed by atoms with Crippen LogP contribution in [0.1, 0.15) is 44.2 Å². The van der Waals surface area contributed by atoms with Gasteiger partial charge in [0, 0.05) is 36.9 Å². The summed E-state index contributed by atoms with van der Waals surface area (Å²) in [6.07, 6.45) is 3.64. The van der Waals surface area contributed by atoms with Gasteiger partial charge in [-0.1, -0.05) is 13.0 Å². The first-order valence-electron chi connectivity index (χ1n) is 6.97. The zero-order valence-corrected chi connectivity index (χ0v) is 11.2. The SMILES string of the molecule is CCC1CC2(CCO1)C[C@@H](N)c1ccc(F)cc1O2. The van der Waals surface area contributed by atoms with Crippen molar-refractivity contribution in [3.8, 4) is 5.75 Å². The number of halogens is 1. The molecule has 3 rings (SSSR count). The molecule has 3 atom stereocenters. The summed E-state index contributed by atoms with van der Waals surface area (Å²) in [6, 6.07) is 4.55. The van der Waals surface area contributed by atoms with Gasteiger partial charge < -0.3 is 15.2 Å². The average Bonchev–Trinajstić information content (AvgIpc) is 2.38. The molecule has 1 fully saturated rings. The Morgan fingerprint density at radius 2 is 2.26 bits per heavy atom. The molecule has 1 saturated heterocycles. The van der Waals surface area contributed by atoms with Crippen molar-refractivity contribution in [2.75, 3.05) is 6.61 Å². The summed E-state index contributed by atoms with van der Waals surface area (Å²) in [5.41, 5.74) is 6.88. The van der Waals surface area contributed by atoms with Crippen LogP contribution in [-0.4, -0.2) is 18.3 Å². The first kappa shape index (κ1) is 12.9. The van der Waals surface area contributed by atoms with Crippen molar-refractivity contribution in [3.63, 3.8) is 0 Å². The molecule has 0 amide bonds. The van der Waals surface area contributed by atoms with Crippen LogP contribution in [0.25, 0.3) is 0 Å². The molecule has 19 heavy (non-hydrogen) atoms. The average molecular weight is 265 g/mol. The zero-order valence-electron chi connectivity index (χ0n) is 11.2.